The van der Waals surface area contributed by atoms with Gasteiger partial charge in [0.25, 0.3) is 0 Å². The van der Waals surface area contributed by atoms with Crippen molar-refractivity contribution in [1.29, 1.82) is 0 Å². The van der Waals surface area contributed by atoms with E-state index < -0.39 is 0 Å². The van der Waals surface area contributed by atoms with Crippen molar-refractivity contribution >= 4 is 23.6 Å². The molecule has 0 N–H and O–H groups in total. The number of tetrazole rings is 1. The van der Waals surface area contributed by atoms with E-state index in [1.165, 1.54) is 4.80 Å². The second-order valence-corrected chi connectivity index (χ2v) is 8.24. The maximum Gasteiger partial charge on any atom is 0.246 e. The number of rotatable bonds is 5. The summed E-state index contributed by atoms with van der Waals surface area (Å²) in [7, 11) is 0. The van der Waals surface area contributed by atoms with E-state index in [0.717, 1.165) is 24.0 Å². The van der Waals surface area contributed by atoms with Gasteiger partial charge in [0.15, 0.2) is 5.82 Å². The van der Waals surface area contributed by atoms with Crippen molar-refractivity contribution in [3.05, 3.63) is 58.0 Å². The molecule has 0 aliphatic carbocycles. The van der Waals surface area contributed by atoms with Gasteiger partial charge >= 0.3 is 0 Å². The van der Waals surface area contributed by atoms with Crippen molar-refractivity contribution in [2.24, 2.45) is 0 Å². The third kappa shape index (κ3) is 4.99. The molecule has 1 aliphatic heterocycles. The minimum absolute atomic E-state index is 0.0247. The number of hydrogen-bond donors (Lipinski definition) is 0. The number of halogens is 1. The minimum atomic E-state index is -0.0247. The molecule has 2 atom stereocenters. The van der Waals surface area contributed by atoms with Gasteiger partial charge in [-0.2, -0.15) is 4.80 Å². The fourth-order valence-corrected chi connectivity index (χ4v) is 4.07. The van der Waals surface area contributed by atoms with E-state index in [-0.39, 0.29) is 17.9 Å². The van der Waals surface area contributed by atoms with Crippen LogP contribution < -0.4 is 0 Å². The molecule has 0 saturated carbocycles. The van der Waals surface area contributed by atoms with E-state index in [2.05, 4.69) is 25.6 Å². The van der Waals surface area contributed by atoms with E-state index in [1.807, 2.05) is 30.0 Å². The number of aromatic nitrogens is 6. The maximum absolute atomic E-state index is 12.9. The Balaban J connectivity index is 1.44. The Labute approximate surface area is 185 Å². The van der Waals surface area contributed by atoms with Gasteiger partial charge < -0.3 is 9.32 Å². The van der Waals surface area contributed by atoms with Crippen molar-refractivity contribution in [3.8, 4) is 0 Å². The molecule has 2 unspecified atom stereocenters. The zero-order valence-corrected chi connectivity index (χ0v) is 18.5. The van der Waals surface area contributed by atoms with Gasteiger partial charge in [-0.3, -0.25) is 4.79 Å². The first-order valence-corrected chi connectivity index (χ1v) is 10.6. The molecule has 31 heavy (non-hydrogen) atoms. The molecule has 3 aromatic rings. The number of benzene rings is 1. The highest BCUT2D eigenvalue weighted by Gasteiger charge is 2.31. The standard InChI is InChI=1S/C21H24ClN7O2/c1-13-10-17(21-25-24-15(3)31-21)8-9-28(13)20(30)7-5-16-4-6-19(22)11-18(16)12-29-26-14(2)23-27-29/h4-7,11,13,17H,8-10,12H2,1-3H3. The second-order valence-electron chi connectivity index (χ2n) is 7.80. The lowest BCUT2D eigenvalue weighted by molar-refractivity contribution is -0.129. The van der Waals surface area contributed by atoms with Crippen molar-refractivity contribution in [2.45, 2.75) is 52.1 Å². The van der Waals surface area contributed by atoms with Gasteiger partial charge in [0.1, 0.15) is 0 Å². The normalized spacial score (nSPS) is 19.3. The first kappa shape index (κ1) is 21.2. The lowest BCUT2D eigenvalue weighted by Gasteiger charge is -2.35. The highest BCUT2D eigenvalue weighted by molar-refractivity contribution is 6.30. The van der Waals surface area contributed by atoms with Crippen LogP contribution in [-0.4, -0.2) is 53.8 Å². The van der Waals surface area contributed by atoms with Gasteiger partial charge in [0, 0.05) is 36.5 Å². The molecule has 1 fully saturated rings. The van der Waals surface area contributed by atoms with Crippen LogP contribution in [0.25, 0.3) is 6.08 Å². The molecule has 1 aromatic carbocycles. The number of carbonyl (C=O) groups excluding carboxylic acids is 1. The molecule has 10 heteroatoms. The number of hydrogen-bond acceptors (Lipinski definition) is 7. The quantitative estimate of drug-likeness (QED) is 0.560. The van der Waals surface area contributed by atoms with Gasteiger partial charge in [-0.05, 0) is 61.2 Å². The summed E-state index contributed by atoms with van der Waals surface area (Å²) in [5.41, 5.74) is 1.80. The van der Waals surface area contributed by atoms with Crippen LogP contribution in [0.4, 0.5) is 0 Å². The maximum atomic E-state index is 12.9. The summed E-state index contributed by atoms with van der Waals surface area (Å²) in [6, 6.07) is 5.62. The average Bonchev–Trinajstić information content (AvgIpc) is 3.35. The molecule has 1 saturated heterocycles. The Morgan fingerprint density at radius 2 is 2.13 bits per heavy atom. The van der Waals surface area contributed by atoms with Gasteiger partial charge in [-0.1, -0.05) is 17.7 Å². The number of piperidine rings is 1. The highest BCUT2D eigenvalue weighted by Crippen LogP contribution is 2.31. The lowest BCUT2D eigenvalue weighted by Crippen LogP contribution is -2.43. The molecule has 162 valence electrons. The molecule has 0 spiro atoms. The highest BCUT2D eigenvalue weighted by atomic mass is 35.5. The number of nitrogens with zero attached hydrogens (tertiary/aromatic N) is 7. The summed E-state index contributed by atoms with van der Waals surface area (Å²) in [5, 5.41) is 20.8. The van der Waals surface area contributed by atoms with Crippen LogP contribution in [0.15, 0.2) is 28.7 Å². The van der Waals surface area contributed by atoms with Crippen LogP contribution in [-0.2, 0) is 11.3 Å². The van der Waals surface area contributed by atoms with E-state index >= 15 is 0 Å². The first-order valence-electron chi connectivity index (χ1n) is 10.2. The average molecular weight is 442 g/mol. The second kappa shape index (κ2) is 8.97. The van der Waals surface area contributed by atoms with Gasteiger partial charge in [-0.25, -0.2) is 0 Å². The van der Waals surface area contributed by atoms with E-state index in [4.69, 9.17) is 16.0 Å². The molecule has 2 aromatic heterocycles. The lowest BCUT2D eigenvalue weighted by atomic mass is 9.91. The topological polar surface area (TPSA) is 103 Å². The van der Waals surface area contributed by atoms with Crippen LogP contribution in [0.5, 0.6) is 0 Å². The van der Waals surface area contributed by atoms with Crippen LogP contribution >= 0.6 is 11.6 Å². The van der Waals surface area contributed by atoms with Crippen molar-refractivity contribution in [3.63, 3.8) is 0 Å². The summed E-state index contributed by atoms with van der Waals surface area (Å²) in [4.78, 5) is 16.3. The largest absolute Gasteiger partial charge is 0.425 e. The van der Waals surface area contributed by atoms with Gasteiger partial charge in [-0.15, -0.1) is 20.4 Å². The van der Waals surface area contributed by atoms with Gasteiger partial charge in [0.05, 0.1) is 6.54 Å². The minimum Gasteiger partial charge on any atom is -0.425 e. The summed E-state index contributed by atoms with van der Waals surface area (Å²) in [6.45, 7) is 6.68. The smallest absolute Gasteiger partial charge is 0.246 e. The zero-order chi connectivity index (χ0) is 22.0. The summed E-state index contributed by atoms with van der Waals surface area (Å²) < 4.78 is 5.58. The van der Waals surface area contributed by atoms with Crippen LogP contribution in [0, 0.1) is 13.8 Å². The Kier molecular flexibility index (Phi) is 6.13. The molecule has 0 radical (unpaired) electrons. The zero-order valence-electron chi connectivity index (χ0n) is 17.7. The molecule has 4 rings (SSSR count). The SMILES string of the molecule is Cc1nnn(Cc2cc(Cl)ccc2C=CC(=O)N2CCC(c3nnc(C)o3)CC2C)n1. The predicted octanol–water partition coefficient (Wildman–Crippen LogP) is 3.18. The molecule has 3 heterocycles. The number of aryl methyl sites for hydroxylation is 2. The van der Waals surface area contributed by atoms with Crippen molar-refractivity contribution in [1.82, 2.24) is 35.3 Å². The Hall–Kier alpha value is -3.07. The number of likely N-dealkylation sites (tertiary alicyclic amines) is 1. The first-order chi connectivity index (χ1) is 14.9. The summed E-state index contributed by atoms with van der Waals surface area (Å²) in [6.07, 6.45) is 5.03. The fraction of sp³-hybridized carbons (Fsp3) is 0.429. The van der Waals surface area contributed by atoms with Crippen LogP contribution in [0.2, 0.25) is 5.02 Å². The molecule has 1 amide bonds. The third-order valence-electron chi connectivity index (χ3n) is 5.43. The Bertz CT molecular complexity index is 1110. The van der Waals surface area contributed by atoms with Crippen LogP contribution in [0.1, 0.15) is 54.4 Å². The van der Waals surface area contributed by atoms with E-state index in [0.29, 0.717) is 35.7 Å². The summed E-state index contributed by atoms with van der Waals surface area (Å²) >= 11 is 6.18. The third-order valence-corrected chi connectivity index (χ3v) is 5.66. The molecule has 1 aliphatic rings. The molecule has 0 bridgehead atoms. The van der Waals surface area contributed by atoms with E-state index in [9.17, 15) is 4.79 Å². The van der Waals surface area contributed by atoms with Crippen molar-refractivity contribution in [2.75, 3.05) is 6.54 Å². The van der Waals surface area contributed by atoms with Crippen LogP contribution in [0.3, 0.4) is 0 Å². The number of amides is 1. The van der Waals surface area contributed by atoms with Gasteiger partial charge in [0.2, 0.25) is 17.7 Å². The van der Waals surface area contributed by atoms with E-state index in [1.54, 1.807) is 26.0 Å². The number of carbonyl (C=O) groups is 1. The Morgan fingerprint density at radius 3 is 2.81 bits per heavy atom. The summed E-state index contributed by atoms with van der Waals surface area (Å²) in [5.74, 6) is 1.99. The van der Waals surface area contributed by atoms with Crippen molar-refractivity contribution < 1.29 is 9.21 Å². The monoisotopic (exact) mass is 441 g/mol. The molecular formula is C21H24ClN7O2. The molecular weight excluding hydrogens is 418 g/mol. The Morgan fingerprint density at radius 1 is 1.29 bits per heavy atom. The fourth-order valence-electron chi connectivity index (χ4n) is 3.87. The molecule has 9 nitrogen and oxygen atoms in total. The predicted molar refractivity (Wildman–Crippen MR) is 114 cm³/mol.